The van der Waals surface area contributed by atoms with Gasteiger partial charge in [-0.2, -0.15) is 0 Å². The fraction of sp³-hybridized carbons (Fsp3) is 0.333. The SMILES string of the molecule is CCC(CNS(=O)(=O)c1cccs1)(OC)c1ccccc1. The van der Waals surface area contributed by atoms with Gasteiger partial charge in [-0.25, -0.2) is 13.1 Å². The van der Waals surface area contributed by atoms with E-state index in [1.807, 2.05) is 37.3 Å². The highest BCUT2D eigenvalue weighted by Gasteiger charge is 2.32. The molecule has 0 aliphatic heterocycles. The van der Waals surface area contributed by atoms with Crippen LogP contribution in [0.2, 0.25) is 0 Å². The lowest BCUT2D eigenvalue weighted by molar-refractivity contribution is -0.0133. The molecule has 0 fully saturated rings. The van der Waals surface area contributed by atoms with Crippen LogP contribution in [0.4, 0.5) is 0 Å². The van der Waals surface area contributed by atoms with Crippen molar-refractivity contribution < 1.29 is 13.2 Å². The number of methoxy groups -OCH3 is 1. The average molecular weight is 325 g/mol. The molecule has 0 radical (unpaired) electrons. The predicted octanol–water partition coefficient (Wildman–Crippen LogP) is 2.98. The zero-order valence-corrected chi connectivity index (χ0v) is 13.7. The number of ether oxygens (including phenoxy) is 1. The van der Waals surface area contributed by atoms with E-state index in [0.717, 1.165) is 5.56 Å². The largest absolute Gasteiger partial charge is 0.372 e. The summed E-state index contributed by atoms with van der Waals surface area (Å²) in [6.45, 7) is 2.18. The number of sulfonamides is 1. The van der Waals surface area contributed by atoms with E-state index in [-0.39, 0.29) is 6.54 Å². The van der Waals surface area contributed by atoms with E-state index in [9.17, 15) is 8.42 Å². The Kier molecular flexibility index (Phi) is 5.16. The first kappa shape index (κ1) is 16.2. The Bertz CT molecular complexity index is 647. The monoisotopic (exact) mass is 325 g/mol. The predicted molar refractivity (Wildman–Crippen MR) is 84.9 cm³/mol. The van der Waals surface area contributed by atoms with Crippen LogP contribution in [0, 0.1) is 0 Å². The summed E-state index contributed by atoms with van der Waals surface area (Å²) in [6.07, 6.45) is 0.667. The molecule has 0 saturated heterocycles. The minimum atomic E-state index is -3.49. The lowest BCUT2D eigenvalue weighted by atomic mass is 9.91. The smallest absolute Gasteiger partial charge is 0.250 e. The molecule has 0 bridgehead atoms. The van der Waals surface area contributed by atoms with Gasteiger partial charge in [-0.1, -0.05) is 43.3 Å². The normalized spacial score (nSPS) is 14.8. The summed E-state index contributed by atoms with van der Waals surface area (Å²) in [7, 11) is -1.88. The van der Waals surface area contributed by atoms with Gasteiger partial charge < -0.3 is 4.74 Å². The minimum absolute atomic E-state index is 0.199. The molecule has 1 aromatic heterocycles. The quantitative estimate of drug-likeness (QED) is 0.851. The fourth-order valence-corrected chi connectivity index (χ4v) is 4.33. The first-order chi connectivity index (χ1) is 10.0. The number of hydrogen-bond donors (Lipinski definition) is 1. The standard InChI is InChI=1S/C15H19NO3S2/c1-3-15(19-2,13-8-5-4-6-9-13)12-16-21(17,18)14-10-7-11-20-14/h4-11,16H,3,12H2,1-2H3. The van der Waals surface area contributed by atoms with Crippen LogP contribution in [0.1, 0.15) is 18.9 Å². The minimum Gasteiger partial charge on any atom is -0.372 e. The third-order valence-electron chi connectivity index (χ3n) is 3.57. The van der Waals surface area contributed by atoms with Crippen LogP contribution in [0.5, 0.6) is 0 Å². The Balaban J connectivity index is 2.22. The molecule has 114 valence electrons. The van der Waals surface area contributed by atoms with Gasteiger partial charge in [0.05, 0.1) is 0 Å². The molecule has 0 aliphatic carbocycles. The van der Waals surface area contributed by atoms with Crippen molar-refractivity contribution >= 4 is 21.4 Å². The average Bonchev–Trinajstić information content (AvgIpc) is 3.05. The summed E-state index contributed by atoms with van der Waals surface area (Å²) in [5, 5.41) is 1.75. The second kappa shape index (κ2) is 6.70. The molecule has 2 rings (SSSR count). The Morgan fingerprint density at radius 2 is 1.90 bits per heavy atom. The van der Waals surface area contributed by atoms with E-state index in [2.05, 4.69) is 4.72 Å². The number of hydrogen-bond acceptors (Lipinski definition) is 4. The van der Waals surface area contributed by atoms with Crippen LogP contribution < -0.4 is 4.72 Å². The maximum Gasteiger partial charge on any atom is 0.250 e. The van der Waals surface area contributed by atoms with Crippen LogP contribution in [0.3, 0.4) is 0 Å². The van der Waals surface area contributed by atoms with E-state index < -0.39 is 15.6 Å². The van der Waals surface area contributed by atoms with Gasteiger partial charge in [-0.15, -0.1) is 11.3 Å². The van der Waals surface area contributed by atoms with Gasteiger partial charge in [0.15, 0.2) is 0 Å². The van der Waals surface area contributed by atoms with E-state index in [4.69, 9.17) is 4.74 Å². The van der Waals surface area contributed by atoms with Gasteiger partial charge in [0.25, 0.3) is 0 Å². The van der Waals surface area contributed by atoms with Crippen molar-refractivity contribution in [2.45, 2.75) is 23.2 Å². The molecule has 1 aromatic carbocycles. The summed E-state index contributed by atoms with van der Waals surface area (Å²) in [6, 6.07) is 13.0. The molecular weight excluding hydrogens is 306 g/mol. The van der Waals surface area contributed by atoms with E-state index in [1.54, 1.807) is 24.6 Å². The van der Waals surface area contributed by atoms with Crippen LogP contribution >= 0.6 is 11.3 Å². The first-order valence-corrected chi connectivity index (χ1v) is 9.04. The summed E-state index contributed by atoms with van der Waals surface area (Å²) < 4.78 is 33.1. The molecule has 1 atom stereocenters. The van der Waals surface area contributed by atoms with Crippen LogP contribution in [0.15, 0.2) is 52.1 Å². The Morgan fingerprint density at radius 3 is 2.43 bits per heavy atom. The Hall–Kier alpha value is -1.21. The Labute approximate surface area is 129 Å². The topological polar surface area (TPSA) is 55.4 Å². The second-order valence-electron chi connectivity index (χ2n) is 4.67. The molecule has 1 N–H and O–H groups in total. The van der Waals surface area contributed by atoms with E-state index in [0.29, 0.717) is 10.6 Å². The molecule has 0 aliphatic rings. The summed E-state index contributed by atoms with van der Waals surface area (Å²) >= 11 is 1.20. The zero-order chi connectivity index (χ0) is 15.3. The number of rotatable bonds is 7. The van der Waals surface area contributed by atoms with Crippen molar-refractivity contribution in [2.75, 3.05) is 13.7 Å². The van der Waals surface area contributed by atoms with Crippen molar-refractivity contribution in [1.29, 1.82) is 0 Å². The van der Waals surface area contributed by atoms with Gasteiger partial charge in [-0.05, 0) is 23.4 Å². The molecule has 0 saturated carbocycles. The van der Waals surface area contributed by atoms with Gasteiger partial charge in [-0.3, -0.25) is 0 Å². The Morgan fingerprint density at radius 1 is 1.19 bits per heavy atom. The van der Waals surface area contributed by atoms with E-state index >= 15 is 0 Å². The van der Waals surface area contributed by atoms with Gasteiger partial charge in [0.1, 0.15) is 9.81 Å². The molecule has 6 heteroatoms. The highest BCUT2D eigenvalue weighted by Crippen LogP contribution is 2.29. The maximum atomic E-state index is 12.2. The molecular formula is C15H19NO3S2. The number of benzene rings is 1. The molecule has 21 heavy (non-hydrogen) atoms. The third kappa shape index (κ3) is 3.52. The first-order valence-electron chi connectivity index (χ1n) is 6.68. The van der Waals surface area contributed by atoms with Crippen molar-refractivity contribution in [3.05, 3.63) is 53.4 Å². The molecule has 0 amide bonds. The molecule has 0 spiro atoms. The van der Waals surface area contributed by atoms with Gasteiger partial charge >= 0.3 is 0 Å². The lowest BCUT2D eigenvalue weighted by Gasteiger charge is -2.32. The number of thiophene rings is 1. The second-order valence-corrected chi connectivity index (χ2v) is 7.62. The van der Waals surface area contributed by atoms with Crippen LogP contribution in [-0.2, 0) is 20.4 Å². The summed E-state index contributed by atoms with van der Waals surface area (Å²) in [5.74, 6) is 0. The zero-order valence-electron chi connectivity index (χ0n) is 12.1. The fourth-order valence-electron chi connectivity index (χ4n) is 2.21. The molecule has 2 aromatic rings. The lowest BCUT2D eigenvalue weighted by Crippen LogP contribution is -2.41. The highest BCUT2D eigenvalue weighted by molar-refractivity contribution is 7.91. The van der Waals surface area contributed by atoms with Crippen LogP contribution in [0.25, 0.3) is 0 Å². The van der Waals surface area contributed by atoms with Crippen molar-refractivity contribution in [3.63, 3.8) is 0 Å². The molecule has 4 nitrogen and oxygen atoms in total. The maximum absolute atomic E-state index is 12.2. The van der Waals surface area contributed by atoms with Crippen LogP contribution in [-0.4, -0.2) is 22.1 Å². The van der Waals surface area contributed by atoms with E-state index in [1.165, 1.54) is 11.3 Å². The summed E-state index contributed by atoms with van der Waals surface area (Å²) in [4.78, 5) is 0. The van der Waals surface area contributed by atoms with Gasteiger partial charge in [0.2, 0.25) is 10.0 Å². The highest BCUT2D eigenvalue weighted by atomic mass is 32.2. The van der Waals surface area contributed by atoms with Gasteiger partial charge in [0, 0.05) is 13.7 Å². The number of nitrogens with one attached hydrogen (secondary N) is 1. The molecule has 1 unspecified atom stereocenters. The molecule has 1 heterocycles. The van der Waals surface area contributed by atoms with Crippen molar-refractivity contribution in [1.82, 2.24) is 4.72 Å². The summed E-state index contributed by atoms with van der Waals surface area (Å²) in [5.41, 5.74) is 0.301. The third-order valence-corrected chi connectivity index (χ3v) is 6.37. The van der Waals surface area contributed by atoms with Crippen molar-refractivity contribution in [2.24, 2.45) is 0 Å². The van der Waals surface area contributed by atoms with Crippen molar-refractivity contribution in [3.8, 4) is 0 Å².